The summed E-state index contributed by atoms with van der Waals surface area (Å²) in [6.45, 7) is 17.0. The Labute approximate surface area is 250 Å². The highest BCUT2D eigenvalue weighted by atomic mass is 16.5. The molecule has 1 aliphatic carbocycles. The van der Waals surface area contributed by atoms with Gasteiger partial charge in [0.1, 0.15) is 11.5 Å². The minimum atomic E-state index is -0.184. The molecular weight excluding hydrogens is 516 g/mol. The molecule has 0 saturated heterocycles. The number of hydrogen-bond acceptors (Lipinski definition) is 2. The van der Waals surface area contributed by atoms with Gasteiger partial charge in [-0.25, -0.2) is 4.42 Å². The zero-order valence-corrected chi connectivity index (χ0v) is 26.1. The van der Waals surface area contributed by atoms with Crippen molar-refractivity contribution in [2.24, 2.45) is 5.41 Å². The third-order valence-corrected chi connectivity index (χ3v) is 7.77. The summed E-state index contributed by atoms with van der Waals surface area (Å²) < 4.78 is 12.7. The van der Waals surface area contributed by atoms with Gasteiger partial charge in [-0.05, 0) is 86.8 Å². The minimum absolute atomic E-state index is 0.0862. The molecule has 0 radical (unpaired) electrons. The molecule has 0 N–H and O–H groups in total. The standard InChI is InChI=1S/C39H41O3/c1-9-30-31(20-26-21-32(27-16-12-10-13-17-27)41-34(22-26)38(3,4)5)37(40)36(30)25(2)29-23-33(28-18-14-11-15-19-28)42-35(24-29)39(6,7)8/h10-24H,9H2,1-8H3/q+1. The Balaban J connectivity index is 1.61. The summed E-state index contributed by atoms with van der Waals surface area (Å²) in [4.78, 5) is 13.8. The van der Waals surface area contributed by atoms with Crippen molar-refractivity contribution in [3.05, 3.63) is 136 Å². The van der Waals surface area contributed by atoms with E-state index in [0.29, 0.717) is 0 Å². The van der Waals surface area contributed by atoms with E-state index in [2.05, 4.69) is 85.7 Å². The average molecular weight is 558 g/mol. The third-order valence-electron chi connectivity index (χ3n) is 7.77. The Morgan fingerprint density at radius 2 is 1.45 bits per heavy atom. The van der Waals surface area contributed by atoms with Gasteiger partial charge in [0.25, 0.3) is 0 Å². The van der Waals surface area contributed by atoms with Crippen molar-refractivity contribution < 1.29 is 13.9 Å². The molecule has 42 heavy (non-hydrogen) atoms. The van der Waals surface area contributed by atoms with Gasteiger partial charge >= 0.3 is 11.5 Å². The van der Waals surface area contributed by atoms with E-state index in [1.54, 1.807) is 0 Å². The monoisotopic (exact) mass is 557 g/mol. The molecule has 3 nitrogen and oxygen atoms in total. The number of ether oxygens (including phenoxy) is 1. The first-order valence-electron chi connectivity index (χ1n) is 14.8. The highest BCUT2D eigenvalue weighted by Gasteiger charge is 2.35. The second-order valence-corrected chi connectivity index (χ2v) is 13.1. The molecule has 0 saturated carbocycles. The van der Waals surface area contributed by atoms with Crippen LogP contribution in [-0.4, -0.2) is 5.78 Å². The van der Waals surface area contributed by atoms with Crippen molar-refractivity contribution in [2.75, 3.05) is 0 Å². The van der Waals surface area contributed by atoms with Crippen molar-refractivity contribution in [1.82, 2.24) is 0 Å². The lowest BCUT2D eigenvalue weighted by Crippen LogP contribution is -2.23. The van der Waals surface area contributed by atoms with Gasteiger partial charge in [-0.1, -0.05) is 76.2 Å². The predicted octanol–water partition coefficient (Wildman–Crippen LogP) is 10.5. The van der Waals surface area contributed by atoms with E-state index < -0.39 is 0 Å². The molecule has 0 spiro atoms. The van der Waals surface area contributed by atoms with Crippen LogP contribution in [0.25, 0.3) is 22.7 Å². The van der Waals surface area contributed by atoms with Crippen LogP contribution in [0.2, 0.25) is 0 Å². The predicted molar refractivity (Wildman–Crippen MR) is 173 cm³/mol. The number of benzene rings is 2. The van der Waals surface area contributed by atoms with Crippen LogP contribution < -0.4 is 0 Å². The highest BCUT2D eigenvalue weighted by molar-refractivity contribution is 6.25. The maximum absolute atomic E-state index is 13.8. The Morgan fingerprint density at radius 1 is 0.833 bits per heavy atom. The lowest BCUT2D eigenvalue weighted by molar-refractivity contribution is -0.112. The summed E-state index contributed by atoms with van der Waals surface area (Å²) in [5, 5.41) is 0. The smallest absolute Gasteiger partial charge is 0.360 e. The summed E-state index contributed by atoms with van der Waals surface area (Å²) in [5.74, 6) is 3.44. The molecule has 2 heterocycles. The second-order valence-electron chi connectivity index (χ2n) is 13.1. The fraction of sp³-hybridized carbons (Fsp3) is 0.282. The van der Waals surface area contributed by atoms with E-state index in [1.165, 1.54) is 0 Å². The van der Waals surface area contributed by atoms with Crippen LogP contribution in [0.3, 0.4) is 0 Å². The van der Waals surface area contributed by atoms with Crippen LogP contribution >= 0.6 is 0 Å². The lowest BCUT2D eigenvalue weighted by Gasteiger charge is -2.29. The molecule has 5 rings (SSSR count). The van der Waals surface area contributed by atoms with Crippen LogP contribution in [0.4, 0.5) is 0 Å². The molecule has 0 amide bonds. The zero-order valence-electron chi connectivity index (χ0n) is 26.1. The molecule has 1 aromatic heterocycles. The van der Waals surface area contributed by atoms with Crippen LogP contribution in [0, 0.1) is 5.41 Å². The van der Waals surface area contributed by atoms with Gasteiger partial charge in [0.15, 0.2) is 5.78 Å². The number of rotatable bonds is 5. The summed E-state index contributed by atoms with van der Waals surface area (Å²) in [6, 6.07) is 24.4. The van der Waals surface area contributed by atoms with Gasteiger partial charge in [0.05, 0.1) is 17.0 Å². The fourth-order valence-corrected chi connectivity index (χ4v) is 5.26. The number of hydrogen-bond donors (Lipinski definition) is 0. The Bertz CT molecular complexity index is 1680. The topological polar surface area (TPSA) is 37.6 Å². The molecule has 2 aliphatic rings. The molecule has 0 atom stereocenters. The van der Waals surface area contributed by atoms with Gasteiger partial charge in [-0.15, -0.1) is 0 Å². The van der Waals surface area contributed by atoms with Crippen molar-refractivity contribution >= 4 is 17.1 Å². The fourth-order valence-electron chi connectivity index (χ4n) is 5.26. The summed E-state index contributed by atoms with van der Waals surface area (Å²) in [5.41, 5.74) is 7.31. The zero-order chi connectivity index (χ0) is 30.2. The van der Waals surface area contributed by atoms with Crippen LogP contribution in [0.5, 0.6) is 0 Å². The first-order chi connectivity index (χ1) is 19.9. The van der Waals surface area contributed by atoms with E-state index in [1.807, 2.05) is 60.7 Å². The normalized spacial score (nSPS) is 17.9. The Kier molecular flexibility index (Phi) is 7.81. The number of allylic oxidation sites excluding steroid dienone is 9. The second kappa shape index (κ2) is 11.2. The number of carbonyl (C=O) groups excluding carboxylic acids is 1. The third kappa shape index (κ3) is 5.87. The first kappa shape index (κ1) is 29.3. The molecule has 2 aromatic carbocycles. The van der Waals surface area contributed by atoms with E-state index in [0.717, 1.165) is 74.0 Å². The Morgan fingerprint density at radius 3 is 2.02 bits per heavy atom. The maximum atomic E-state index is 13.8. The number of ketones is 1. The van der Waals surface area contributed by atoms with Gasteiger partial charge in [-0.3, -0.25) is 4.79 Å². The maximum Gasteiger partial charge on any atom is 0.360 e. The molecular formula is C39H41O3+. The van der Waals surface area contributed by atoms with Crippen LogP contribution in [0.15, 0.2) is 123 Å². The van der Waals surface area contributed by atoms with E-state index >= 15 is 0 Å². The van der Waals surface area contributed by atoms with Gasteiger partial charge < -0.3 is 4.74 Å². The van der Waals surface area contributed by atoms with E-state index in [9.17, 15) is 4.79 Å². The average Bonchev–Trinajstić information content (AvgIpc) is 2.97. The van der Waals surface area contributed by atoms with Crippen LogP contribution in [0.1, 0.15) is 78.7 Å². The molecule has 0 unspecified atom stereocenters. The number of carbonyl (C=O) groups is 1. The van der Waals surface area contributed by atoms with Crippen molar-refractivity contribution in [3.8, 4) is 11.3 Å². The number of Topliss-reactive ketones (excluding diaryl/α,β-unsaturated/α-hetero) is 1. The van der Waals surface area contributed by atoms with Crippen molar-refractivity contribution in [3.63, 3.8) is 0 Å². The lowest BCUT2D eigenvalue weighted by atomic mass is 9.75. The highest BCUT2D eigenvalue weighted by Crippen LogP contribution is 2.42. The van der Waals surface area contributed by atoms with Gasteiger partial charge in [0.2, 0.25) is 0 Å². The van der Waals surface area contributed by atoms with Gasteiger partial charge in [-0.2, -0.15) is 0 Å². The molecule has 214 valence electrons. The summed E-state index contributed by atoms with van der Waals surface area (Å²) in [6.07, 6.45) is 6.90. The SMILES string of the molecule is CCC1=C(C=C2C=C(c3ccccc3)OC(C(C)(C)C)=C2)C(=O)C1=C(C)c1cc(-c2ccccc2)[o+]c(C(C)(C)C)c1. The minimum Gasteiger partial charge on any atom is -0.461 e. The van der Waals surface area contributed by atoms with Crippen molar-refractivity contribution in [1.29, 1.82) is 0 Å². The van der Waals surface area contributed by atoms with E-state index in [-0.39, 0.29) is 16.6 Å². The summed E-state index contributed by atoms with van der Waals surface area (Å²) >= 11 is 0. The largest absolute Gasteiger partial charge is 0.461 e. The van der Waals surface area contributed by atoms with Gasteiger partial charge in [0, 0.05) is 28.2 Å². The quantitative estimate of drug-likeness (QED) is 0.231. The van der Waals surface area contributed by atoms with Crippen LogP contribution in [-0.2, 0) is 14.9 Å². The Hall–Kier alpha value is -4.24. The molecule has 0 bridgehead atoms. The molecule has 1 aliphatic heterocycles. The molecule has 0 fully saturated rings. The van der Waals surface area contributed by atoms with Crippen molar-refractivity contribution in [2.45, 2.75) is 67.2 Å². The van der Waals surface area contributed by atoms with E-state index in [4.69, 9.17) is 9.15 Å². The molecule has 3 heteroatoms. The first-order valence-corrected chi connectivity index (χ1v) is 14.8. The molecule has 3 aromatic rings. The summed E-state index contributed by atoms with van der Waals surface area (Å²) in [7, 11) is 0.